The van der Waals surface area contributed by atoms with E-state index in [0.717, 1.165) is 12.8 Å². The lowest BCUT2D eigenvalue weighted by Gasteiger charge is -2.38. The number of aliphatic carboxylic acids is 1. The van der Waals surface area contributed by atoms with Crippen LogP contribution in [0, 0.1) is 5.92 Å². The topological polar surface area (TPSA) is 69.6 Å². The summed E-state index contributed by atoms with van der Waals surface area (Å²) < 4.78 is 0. The van der Waals surface area contributed by atoms with E-state index in [-0.39, 0.29) is 11.6 Å². The maximum absolute atomic E-state index is 12.1. The van der Waals surface area contributed by atoms with Crippen LogP contribution in [0.3, 0.4) is 0 Å². The summed E-state index contributed by atoms with van der Waals surface area (Å²) in [6.07, 6.45) is 2.42. The molecular weight excluding hydrogens is 232 g/mol. The molecule has 0 saturated carbocycles. The second-order valence-electron chi connectivity index (χ2n) is 6.03. The Morgan fingerprint density at radius 3 is 2.44 bits per heavy atom. The van der Waals surface area contributed by atoms with Gasteiger partial charge in [0.15, 0.2) is 0 Å². The van der Waals surface area contributed by atoms with Crippen molar-refractivity contribution >= 4 is 12.0 Å². The lowest BCUT2D eigenvalue weighted by Crippen LogP contribution is -2.56. The maximum Gasteiger partial charge on any atom is 0.326 e. The van der Waals surface area contributed by atoms with Crippen LogP contribution in [0.25, 0.3) is 0 Å². The molecule has 1 fully saturated rings. The van der Waals surface area contributed by atoms with Gasteiger partial charge in [-0.1, -0.05) is 13.3 Å². The average Bonchev–Trinajstić information content (AvgIpc) is 2.25. The first-order chi connectivity index (χ1) is 8.24. The number of carbonyl (C=O) groups is 2. The van der Waals surface area contributed by atoms with Gasteiger partial charge < -0.3 is 15.3 Å². The molecule has 1 aliphatic rings. The van der Waals surface area contributed by atoms with E-state index in [1.165, 1.54) is 4.90 Å². The Balaban J connectivity index is 2.74. The highest BCUT2D eigenvalue weighted by Crippen LogP contribution is 2.25. The van der Waals surface area contributed by atoms with Crippen molar-refractivity contribution in [3.05, 3.63) is 0 Å². The van der Waals surface area contributed by atoms with Gasteiger partial charge in [0.25, 0.3) is 0 Å². The molecule has 5 nitrogen and oxygen atoms in total. The molecule has 2 unspecified atom stereocenters. The number of urea groups is 1. The van der Waals surface area contributed by atoms with Crippen LogP contribution >= 0.6 is 0 Å². The van der Waals surface area contributed by atoms with E-state index in [1.54, 1.807) is 0 Å². The smallest absolute Gasteiger partial charge is 0.326 e. The van der Waals surface area contributed by atoms with Crippen LogP contribution in [0.15, 0.2) is 0 Å². The lowest BCUT2D eigenvalue weighted by atomic mass is 9.89. The van der Waals surface area contributed by atoms with Crippen LogP contribution in [0.4, 0.5) is 4.79 Å². The van der Waals surface area contributed by atoms with Crippen LogP contribution in [0.1, 0.15) is 47.0 Å². The number of hydrogen-bond acceptors (Lipinski definition) is 2. The molecule has 2 N–H and O–H groups in total. The first-order valence-corrected chi connectivity index (χ1v) is 6.56. The monoisotopic (exact) mass is 256 g/mol. The van der Waals surface area contributed by atoms with Gasteiger partial charge in [0, 0.05) is 12.1 Å². The molecule has 0 aliphatic carbocycles. The zero-order valence-corrected chi connectivity index (χ0v) is 11.7. The number of carboxylic acid groups (broad SMARTS) is 1. The Hall–Kier alpha value is -1.26. The fourth-order valence-corrected chi connectivity index (χ4v) is 2.28. The second-order valence-corrected chi connectivity index (χ2v) is 6.03. The third-order valence-electron chi connectivity index (χ3n) is 3.32. The molecule has 2 atom stereocenters. The summed E-state index contributed by atoms with van der Waals surface area (Å²) in [6, 6.07) is -0.962. The van der Waals surface area contributed by atoms with Crippen molar-refractivity contribution in [3.63, 3.8) is 0 Å². The molecule has 5 heteroatoms. The predicted molar refractivity (Wildman–Crippen MR) is 69.4 cm³/mol. The van der Waals surface area contributed by atoms with Gasteiger partial charge in [0.05, 0.1) is 0 Å². The van der Waals surface area contributed by atoms with Gasteiger partial charge in [-0.25, -0.2) is 9.59 Å². The fraction of sp³-hybridized carbons (Fsp3) is 0.846. The first kappa shape index (κ1) is 14.8. The molecule has 1 aliphatic heterocycles. The van der Waals surface area contributed by atoms with E-state index in [0.29, 0.717) is 18.9 Å². The SMILES string of the molecule is CCC1CCN(C(=O)NC(C)(C)C)C(C(=O)O)C1. The number of piperidine rings is 1. The van der Waals surface area contributed by atoms with Gasteiger partial charge in [-0.05, 0) is 39.5 Å². The standard InChI is InChI=1S/C13H24N2O3/c1-5-9-6-7-15(10(8-9)11(16)17)12(18)14-13(2,3)4/h9-10H,5-8H2,1-4H3,(H,14,18)(H,16,17). The van der Waals surface area contributed by atoms with Crippen LogP contribution in [0.2, 0.25) is 0 Å². The molecule has 104 valence electrons. The van der Waals surface area contributed by atoms with Crippen molar-refractivity contribution in [2.45, 2.75) is 58.5 Å². The highest BCUT2D eigenvalue weighted by molar-refractivity contribution is 5.83. The number of rotatable bonds is 2. The second kappa shape index (κ2) is 5.59. The average molecular weight is 256 g/mol. The quantitative estimate of drug-likeness (QED) is 0.794. The molecule has 0 bridgehead atoms. The number of carbonyl (C=O) groups excluding carboxylic acids is 1. The summed E-state index contributed by atoms with van der Waals surface area (Å²) in [5.74, 6) is -0.498. The van der Waals surface area contributed by atoms with Gasteiger partial charge in [-0.3, -0.25) is 0 Å². The third kappa shape index (κ3) is 3.89. The van der Waals surface area contributed by atoms with Crippen molar-refractivity contribution < 1.29 is 14.7 Å². The van der Waals surface area contributed by atoms with Gasteiger partial charge in [-0.2, -0.15) is 0 Å². The Kier molecular flexibility index (Phi) is 4.59. The van der Waals surface area contributed by atoms with E-state index >= 15 is 0 Å². The highest BCUT2D eigenvalue weighted by Gasteiger charge is 2.36. The number of carboxylic acids is 1. The molecule has 2 amide bonds. The minimum atomic E-state index is -0.905. The summed E-state index contributed by atoms with van der Waals surface area (Å²) in [5, 5.41) is 12.1. The Morgan fingerprint density at radius 2 is 2.00 bits per heavy atom. The van der Waals surface area contributed by atoms with Crippen LogP contribution in [-0.2, 0) is 4.79 Å². The largest absolute Gasteiger partial charge is 0.480 e. The molecule has 1 rings (SSSR count). The van der Waals surface area contributed by atoms with Crippen molar-refractivity contribution in [1.82, 2.24) is 10.2 Å². The number of nitrogens with zero attached hydrogens (tertiary/aromatic N) is 1. The zero-order valence-electron chi connectivity index (χ0n) is 11.7. The van der Waals surface area contributed by atoms with Crippen LogP contribution in [0.5, 0.6) is 0 Å². The number of amides is 2. The molecule has 18 heavy (non-hydrogen) atoms. The molecule has 1 heterocycles. The molecule has 0 aromatic rings. The van der Waals surface area contributed by atoms with Crippen molar-refractivity contribution in [3.8, 4) is 0 Å². The van der Waals surface area contributed by atoms with Crippen molar-refractivity contribution in [2.24, 2.45) is 5.92 Å². The summed E-state index contributed by atoms with van der Waals surface area (Å²) in [6.45, 7) is 8.25. The summed E-state index contributed by atoms with van der Waals surface area (Å²) in [7, 11) is 0. The van der Waals surface area contributed by atoms with Gasteiger partial charge in [0.1, 0.15) is 6.04 Å². The Morgan fingerprint density at radius 1 is 1.39 bits per heavy atom. The number of nitrogens with one attached hydrogen (secondary N) is 1. The zero-order chi connectivity index (χ0) is 13.9. The van der Waals surface area contributed by atoms with E-state index < -0.39 is 12.0 Å². The summed E-state index contributed by atoms with van der Waals surface area (Å²) in [4.78, 5) is 24.8. The highest BCUT2D eigenvalue weighted by atomic mass is 16.4. The molecule has 0 spiro atoms. The molecule has 1 saturated heterocycles. The van der Waals surface area contributed by atoms with Crippen LogP contribution in [-0.4, -0.2) is 40.1 Å². The minimum absolute atomic E-state index is 0.274. The molecule has 0 radical (unpaired) electrons. The van der Waals surface area contributed by atoms with E-state index in [9.17, 15) is 14.7 Å². The van der Waals surface area contributed by atoms with Crippen LogP contribution < -0.4 is 5.32 Å². The molecule has 0 aromatic heterocycles. The van der Waals surface area contributed by atoms with Crippen molar-refractivity contribution in [1.29, 1.82) is 0 Å². The Bertz CT molecular complexity index is 323. The van der Waals surface area contributed by atoms with Gasteiger partial charge in [0.2, 0.25) is 0 Å². The number of likely N-dealkylation sites (tertiary alicyclic amines) is 1. The van der Waals surface area contributed by atoms with Gasteiger partial charge in [-0.15, -0.1) is 0 Å². The van der Waals surface area contributed by atoms with E-state index in [2.05, 4.69) is 12.2 Å². The molecular formula is C13H24N2O3. The lowest BCUT2D eigenvalue weighted by molar-refractivity contribution is -0.144. The van der Waals surface area contributed by atoms with Crippen molar-refractivity contribution in [2.75, 3.05) is 6.54 Å². The number of hydrogen-bond donors (Lipinski definition) is 2. The summed E-state index contributed by atoms with van der Waals surface area (Å²) in [5.41, 5.74) is -0.345. The predicted octanol–water partition coefficient (Wildman–Crippen LogP) is 2.07. The molecule has 0 aromatic carbocycles. The van der Waals surface area contributed by atoms with Gasteiger partial charge >= 0.3 is 12.0 Å². The fourth-order valence-electron chi connectivity index (χ4n) is 2.28. The Labute approximate surface area is 109 Å². The third-order valence-corrected chi connectivity index (χ3v) is 3.32. The van der Waals surface area contributed by atoms with E-state index in [4.69, 9.17) is 0 Å². The minimum Gasteiger partial charge on any atom is -0.480 e. The van der Waals surface area contributed by atoms with E-state index in [1.807, 2.05) is 20.8 Å². The summed E-state index contributed by atoms with van der Waals surface area (Å²) >= 11 is 0. The maximum atomic E-state index is 12.1. The first-order valence-electron chi connectivity index (χ1n) is 6.56. The normalized spacial score (nSPS) is 24.8.